The van der Waals surface area contributed by atoms with Gasteiger partial charge in [0.2, 0.25) is 10.0 Å². The molecule has 4 nitrogen and oxygen atoms in total. The molecule has 1 aliphatic carbocycles. The van der Waals surface area contributed by atoms with Gasteiger partial charge in [-0.3, -0.25) is 0 Å². The van der Waals surface area contributed by atoms with Gasteiger partial charge in [0.15, 0.2) is 0 Å². The molecule has 1 aromatic carbocycles. The molecular weight excluding hydrogens is 236 g/mol. The van der Waals surface area contributed by atoms with E-state index in [4.69, 9.17) is 5.73 Å². The molecule has 2 rings (SSSR count). The zero-order chi connectivity index (χ0) is 12.5. The van der Waals surface area contributed by atoms with Crippen LogP contribution in [0.15, 0.2) is 24.3 Å². The zero-order valence-electron chi connectivity index (χ0n) is 9.89. The zero-order valence-corrected chi connectivity index (χ0v) is 10.7. The Kier molecular flexibility index (Phi) is 3.40. The fraction of sp³-hybridized carbons (Fsp3) is 0.500. The van der Waals surface area contributed by atoms with E-state index in [0.29, 0.717) is 24.1 Å². The maximum atomic E-state index is 11.8. The van der Waals surface area contributed by atoms with Crippen molar-refractivity contribution >= 4 is 15.7 Å². The van der Waals surface area contributed by atoms with Crippen LogP contribution in [0.5, 0.6) is 0 Å². The van der Waals surface area contributed by atoms with Crippen LogP contribution in [0.2, 0.25) is 0 Å². The van der Waals surface area contributed by atoms with Gasteiger partial charge >= 0.3 is 0 Å². The van der Waals surface area contributed by atoms with Crippen molar-refractivity contribution in [2.24, 2.45) is 11.8 Å². The van der Waals surface area contributed by atoms with Crippen LogP contribution in [-0.4, -0.2) is 15.0 Å². The Morgan fingerprint density at radius 1 is 1.35 bits per heavy atom. The molecule has 5 heteroatoms. The molecule has 1 fully saturated rings. The standard InChI is InChI=1S/C12H18N2O2S/c1-9-6-11(9)7-14-17(15,16)8-10-2-4-12(13)5-3-10/h2-5,9,11,14H,6-8,13H2,1H3. The molecule has 0 bridgehead atoms. The third kappa shape index (κ3) is 3.71. The first-order chi connectivity index (χ1) is 7.96. The van der Waals surface area contributed by atoms with Gasteiger partial charge in [-0.2, -0.15) is 0 Å². The van der Waals surface area contributed by atoms with E-state index in [-0.39, 0.29) is 5.75 Å². The summed E-state index contributed by atoms with van der Waals surface area (Å²) in [4.78, 5) is 0. The minimum absolute atomic E-state index is 0.0222. The Hall–Kier alpha value is -1.07. The molecule has 0 aliphatic heterocycles. The van der Waals surface area contributed by atoms with Crippen molar-refractivity contribution in [3.8, 4) is 0 Å². The quantitative estimate of drug-likeness (QED) is 0.779. The maximum Gasteiger partial charge on any atom is 0.215 e. The van der Waals surface area contributed by atoms with Gasteiger partial charge in [-0.15, -0.1) is 0 Å². The molecule has 0 heterocycles. The highest BCUT2D eigenvalue weighted by atomic mass is 32.2. The largest absolute Gasteiger partial charge is 0.399 e. The van der Waals surface area contributed by atoms with Crippen LogP contribution in [0.4, 0.5) is 5.69 Å². The molecule has 0 spiro atoms. The van der Waals surface area contributed by atoms with Gasteiger partial charge in [-0.05, 0) is 36.0 Å². The van der Waals surface area contributed by atoms with E-state index in [1.54, 1.807) is 24.3 Å². The van der Waals surface area contributed by atoms with Crippen LogP contribution in [0, 0.1) is 11.8 Å². The first kappa shape index (κ1) is 12.4. The van der Waals surface area contributed by atoms with Crippen molar-refractivity contribution in [3.05, 3.63) is 29.8 Å². The Balaban J connectivity index is 1.90. The topological polar surface area (TPSA) is 72.2 Å². The fourth-order valence-electron chi connectivity index (χ4n) is 1.80. The average molecular weight is 254 g/mol. The molecule has 1 aliphatic rings. The second-order valence-corrected chi connectivity index (χ2v) is 6.63. The van der Waals surface area contributed by atoms with E-state index in [1.165, 1.54) is 0 Å². The molecule has 17 heavy (non-hydrogen) atoms. The summed E-state index contributed by atoms with van der Waals surface area (Å²) < 4.78 is 26.2. The molecule has 1 aromatic rings. The predicted molar refractivity (Wildman–Crippen MR) is 68.8 cm³/mol. The number of hydrogen-bond acceptors (Lipinski definition) is 3. The number of nitrogens with two attached hydrogens (primary N) is 1. The third-order valence-corrected chi connectivity index (χ3v) is 4.50. The molecule has 1 saturated carbocycles. The van der Waals surface area contributed by atoms with Gasteiger partial charge in [-0.1, -0.05) is 19.1 Å². The molecule has 3 N–H and O–H groups in total. The summed E-state index contributed by atoms with van der Waals surface area (Å²) in [5.74, 6) is 1.21. The SMILES string of the molecule is CC1CC1CNS(=O)(=O)Cc1ccc(N)cc1. The number of anilines is 1. The number of rotatable bonds is 5. The Labute approximate surface area is 102 Å². The lowest BCUT2D eigenvalue weighted by Gasteiger charge is -2.06. The first-order valence-electron chi connectivity index (χ1n) is 5.78. The summed E-state index contributed by atoms with van der Waals surface area (Å²) in [6, 6.07) is 6.92. The second kappa shape index (κ2) is 4.66. The highest BCUT2D eigenvalue weighted by Gasteiger charge is 2.33. The summed E-state index contributed by atoms with van der Waals surface area (Å²) in [5.41, 5.74) is 6.95. The molecule has 0 radical (unpaired) electrons. The Morgan fingerprint density at radius 3 is 2.47 bits per heavy atom. The van der Waals surface area contributed by atoms with E-state index >= 15 is 0 Å². The number of nitrogen functional groups attached to an aromatic ring is 1. The van der Waals surface area contributed by atoms with Crippen molar-refractivity contribution in [3.63, 3.8) is 0 Å². The third-order valence-electron chi connectivity index (χ3n) is 3.18. The Bertz CT molecular complexity index is 482. The van der Waals surface area contributed by atoms with E-state index in [0.717, 1.165) is 12.0 Å². The van der Waals surface area contributed by atoms with E-state index in [9.17, 15) is 8.42 Å². The first-order valence-corrected chi connectivity index (χ1v) is 7.43. The smallest absolute Gasteiger partial charge is 0.215 e. The lowest BCUT2D eigenvalue weighted by molar-refractivity contribution is 0.573. The second-order valence-electron chi connectivity index (χ2n) is 4.82. The summed E-state index contributed by atoms with van der Waals surface area (Å²) in [6.07, 6.45) is 1.13. The van der Waals surface area contributed by atoms with E-state index in [1.807, 2.05) is 0 Å². The molecule has 2 unspecified atom stereocenters. The monoisotopic (exact) mass is 254 g/mol. The van der Waals surface area contributed by atoms with Crippen LogP contribution >= 0.6 is 0 Å². The van der Waals surface area contributed by atoms with Crippen LogP contribution in [0.3, 0.4) is 0 Å². The van der Waals surface area contributed by atoms with Crippen molar-refractivity contribution in [1.29, 1.82) is 0 Å². The predicted octanol–water partition coefficient (Wildman–Crippen LogP) is 1.34. The molecule has 94 valence electrons. The maximum absolute atomic E-state index is 11.8. The molecule has 2 atom stereocenters. The molecule has 0 aromatic heterocycles. The van der Waals surface area contributed by atoms with E-state index in [2.05, 4.69) is 11.6 Å². The Morgan fingerprint density at radius 2 is 1.94 bits per heavy atom. The van der Waals surface area contributed by atoms with Crippen molar-refractivity contribution in [2.45, 2.75) is 19.1 Å². The van der Waals surface area contributed by atoms with Crippen molar-refractivity contribution in [1.82, 2.24) is 4.72 Å². The lowest BCUT2D eigenvalue weighted by Crippen LogP contribution is -2.27. The number of sulfonamides is 1. The average Bonchev–Trinajstić information content (AvgIpc) is 2.95. The highest BCUT2D eigenvalue weighted by Crippen LogP contribution is 2.36. The summed E-state index contributed by atoms with van der Waals surface area (Å²) in [5, 5.41) is 0. The van der Waals surface area contributed by atoms with Crippen LogP contribution in [0.25, 0.3) is 0 Å². The molecule has 0 saturated heterocycles. The number of nitrogens with one attached hydrogen (secondary N) is 1. The van der Waals surface area contributed by atoms with Gasteiger partial charge in [0.25, 0.3) is 0 Å². The van der Waals surface area contributed by atoms with E-state index < -0.39 is 10.0 Å². The van der Waals surface area contributed by atoms with Crippen molar-refractivity contribution in [2.75, 3.05) is 12.3 Å². The van der Waals surface area contributed by atoms with Gasteiger partial charge in [-0.25, -0.2) is 13.1 Å². The number of hydrogen-bond donors (Lipinski definition) is 2. The summed E-state index contributed by atoms with van der Waals surface area (Å²) in [7, 11) is -3.22. The van der Waals surface area contributed by atoms with Gasteiger partial charge < -0.3 is 5.73 Å². The summed E-state index contributed by atoms with van der Waals surface area (Å²) >= 11 is 0. The fourth-order valence-corrected chi connectivity index (χ4v) is 3.00. The van der Waals surface area contributed by atoms with Crippen LogP contribution in [-0.2, 0) is 15.8 Å². The number of benzene rings is 1. The van der Waals surface area contributed by atoms with Crippen LogP contribution < -0.4 is 10.5 Å². The minimum Gasteiger partial charge on any atom is -0.399 e. The van der Waals surface area contributed by atoms with Crippen molar-refractivity contribution < 1.29 is 8.42 Å². The lowest BCUT2D eigenvalue weighted by atomic mass is 10.2. The van der Waals surface area contributed by atoms with Gasteiger partial charge in [0, 0.05) is 12.2 Å². The van der Waals surface area contributed by atoms with Gasteiger partial charge in [0.05, 0.1) is 5.75 Å². The summed E-state index contributed by atoms with van der Waals surface area (Å²) in [6.45, 7) is 2.71. The molecular formula is C12H18N2O2S. The highest BCUT2D eigenvalue weighted by molar-refractivity contribution is 7.88. The van der Waals surface area contributed by atoms with Crippen LogP contribution in [0.1, 0.15) is 18.9 Å². The normalized spacial score (nSPS) is 23.6. The minimum atomic E-state index is -3.22. The molecule has 0 amide bonds. The van der Waals surface area contributed by atoms with Gasteiger partial charge in [0.1, 0.15) is 0 Å².